The van der Waals surface area contributed by atoms with Gasteiger partial charge in [-0.1, -0.05) is 119 Å². The van der Waals surface area contributed by atoms with Gasteiger partial charge in [-0.25, -0.2) is 8.78 Å². The third-order valence-electron chi connectivity index (χ3n) is 14.8. The van der Waals surface area contributed by atoms with Crippen molar-refractivity contribution < 1.29 is 158 Å². The molecule has 39 heteroatoms. The Labute approximate surface area is 742 Å². The second kappa shape index (κ2) is 59.3. The highest BCUT2D eigenvalue weighted by atomic mass is 35.5. The molecule has 0 aliphatic carbocycles. The van der Waals surface area contributed by atoms with E-state index in [-0.39, 0.29) is 97.6 Å². The first-order chi connectivity index (χ1) is 60.3. The molecule has 0 amide bonds. The highest BCUT2D eigenvalue weighted by Gasteiger charge is 2.15. The van der Waals surface area contributed by atoms with Gasteiger partial charge in [-0.15, -0.1) is 0 Å². The summed E-state index contributed by atoms with van der Waals surface area (Å²) in [5.74, 6) is -5.85. The summed E-state index contributed by atoms with van der Waals surface area (Å²) in [5, 5.41) is 155. The number of ether oxygens (including phenoxy) is 1. The van der Waals surface area contributed by atoms with Crippen LogP contribution < -0.4 is 4.74 Å². The van der Waals surface area contributed by atoms with Gasteiger partial charge in [0.2, 0.25) is 0 Å². The first kappa shape index (κ1) is 109. The quantitative estimate of drug-likeness (QED) is 0.0174. The molecule has 0 heterocycles. The summed E-state index contributed by atoms with van der Waals surface area (Å²) in [5.41, 5.74) is 4.07. The Hall–Kier alpha value is -15.5. The van der Waals surface area contributed by atoms with Crippen LogP contribution in [-0.2, 0) is 19.8 Å². The number of nitro benzene ring substituents is 1. The molecule has 0 aromatic heterocycles. The maximum atomic E-state index is 12.4. The van der Waals surface area contributed by atoms with Gasteiger partial charge in [0.15, 0.2) is 65.0 Å². The number of nitro groups is 1. The van der Waals surface area contributed by atoms with Crippen LogP contribution in [0.1, 0.15) is 141 Å². The van der Waals surface area contributed by atoms with Crippen molar-refractivity contribution in [2.45, 2.75) is 19.8 Å². The topological polar surface area (TPSA) is 581 Å². The molecule has 16 N–H and O–H groups in total. The average molecular weight is 1850 g/mol. The van der Waals surface area contributed by atoms with E-state index in [4.69, 9.17) is 134 Å². The number of aromatic hydroxyl groups is 13. The van der Waals surface area contributed by atoms with Crippen LogP contribution in [0.15, 0.2) is 212 Å². The SMILES string of the molecule is COc1cc(C=O)cc(O)c1CO.O=Cc1c(O)cc(O)cc1O.O=Cc1cc(Cl)c(O)c(CO)c1.O=Cc1cc(O)c(O)c(O)c1.O=Cc1ccc(CO)c(O)c1.O=Cc1ccc(Cl)cc1.O=Cc1ccc(O)c(Cl)c1.O=Cc1ccc(O)c(F)c1.O=Cc1ccc(O)c([N+](=O)[O-])c1.O=Cc1cccc(Cl)c1.O=Cc1cccc(F)c1O.O=Cc1ccccc1Cl. The number of benzene rings is 12. The highest BCUT2D eigenvalue weighted by molar-refractivity contribution is 6.33. The molecule has 0 aliphatic heterocycles. The molecule has 0 bridgehead atoms. The second-order valence-electron chi connectivity index (χ2n) is 23.5. The van der Waals surface area contributed by atoms with Gasteiger partial charge in [-0.05, 0) is 133 Å². The molecule has 0 saturated heterocycles. The highest BCUT2D eigenvalue weighted by Crippen LogP contribution is 2.36. The number of aldehydes is 12. The lowest BCUT2D eigenvalue weighted by Gasteiger charge is -2.08. The predicted octanol–water partition coefficient (Wildman–Crippen LogP) is 16.1. The number of hydrogen-bond donors (Lipinski definition) is 16. The number of carbonyl (C=O) groups excluding carboxylic acids is 12. The average Bonchev–Trinajstić information content (AvgIpc) is 0.850. The number of carbonyl (C=O) groups is 12. The monoisotopic (exact) mass is 1850 g/mol. The minimum absolute atomic E-state index is 0.00716. The molecule has 127 heavy (non-hydrogen) atoms. The first-order valence-corrected chi connectivity index (χ1v) is 36.4. The van der Waals surface area contributed by atoms with Gasteiger partial charge in [-0.3, -0.25) is 67.6 Å². The summed E-state index contributed by atoms with van der Waals surface area (Å²) in [6.45, 7) is -0.883. The number of halogens is 7. The zero-order chi connectivity index (χ0) is 96.0. The van der Waals surface area contributed by atoms with Crippen LogP contribution >= 0.6 is 58.0 Å². The van der Waals surface area contributed by atoms with Crippen molar-refractivity contribution in [3.05, 3.63) is 343 Å². The van der Waals surface area contributed by atoms with Gasteiger partial charge in [-0.2, -0.15) is 0 Å². The number of rotatable bonds is 17. The van der Waals surface area contributed by atoms with E-state index >= 15 is 0 Å². The molecule has 0 saturated carbocycles. The van der Waals surface area contributed by atoms with E-state index in [1.807, 2.05) is 0 Å². The molecule has 0 atom stereocenters. The minimum Gasteiger partial charge on any atom is -0.508 e. The Morgan fingerprint density at radius 3 is 1.19 bits per heavy atom. The summed E-state index contributed by atoms with van der Waals surface area (Å²) < 4.78 is 29.6. The van der Waals surface area contributed by atoms with Gasteiger partial charge in [0.1, 0.15) is 103 Å². The van der Waals surface area contributed by atoms with E-state index in [0.29, 0.717) is 122 Å². The predicted molar refractivity (Wildman–Crippen MR) is 460 cm³/mol. The smallest absolute Gasteiger partial charge is 0.311 e. The lowest BCUT2D eigenvalue weighted by Crippen LogP contribution is -1.94. The molecular formula is C88H72Cl5F2NO31. The lowest BCUT2D eigenvalue weighted by molar-refractivity contribution is -0.385. The molecular weight excluding hydrogens is 1780 g/mol. The summed E-state index contributed by atoms with van der Waals surface area (Å²) in [7, 11) is 1.41. The Balaban J connectivity index is 0.000000694. The Morgan fingerprint density at radius 2 is 0.748 bits per heavy atom. The van der Waals surface area contributed by atoms with Crippen molar-refractivity contribution >= 4 is 139 Å². The van der Waals surface area contributed by atoms with Crippen LogP contribution in [0.5, 0.6) is 80.5 Å². The first-order valence-electron chi connectivity index (χ1n) is 34.5. The molecule has 0 aliphatic rings. The molecule has 12 rings (SSSR count). The van der Waals surface area contributed by atoms with Crippen LogP contribution in [0.3, 0.4) is 0 Å². The van der Waals surface area contributed by atoms with Crippen molar-refractivity contribution in [1.82, 2.24) is 0 Å². The summed E-state index contributed by atoms with van der Waals surface area (Å²) >= 11 is 27.8. The van der Waals surface area contributed by atoms with E-state index in [2.05, 4.69) is 0 Å². The third kappa shape index (κ3) is 39.5. The molecule has 664 valence electrons. The van der Waals surface area contributed by atoms with Crippen LogP contribution in [0.2, 0.25) is 25.1 Å². The number of aliphatic hydroxyl groups is 3. The second-order valence-corrected chi connectivity index (χ2v) is 25.6. The van der Waals surface area contributed by atoms with E-state index in [1.165, 1.54) is 92.0 Å². The molecule has 0 spiro atoms. The molecule has 0 unspecified atom stereocenters. The Kier molecular flexibility index (Phi) is 51.1. The maximum Gasteiger partial charge on any atom is 0.311 e. The molecule has 0 radical (unpaired) electrons. The summed E-state index contributed by atoms with van der Waals surface area (Å²) in [6, 6.07) is 49.3. The Morgan fingerprint density at radius 1 is 0.315 bits per heavy atom. The molecule has 12 aromatic rings. The lowest BCUT2D eigenvalue weighted by atomic mass is 10.1. The number of hydrogen-bond acceptors (Lipinski definition) is 31. The third-order valence-corrected chi connectivity index (χ3v) is 16.2. The zero-order valence-corrected chi connectivity index (χ0v) is 68.9. The minimum atomic E-state index is -0.774. The fourth-order valence-electron chi connectivity index (χ4n) is 8.41. The van der Waals surface area contributed by atoms with Crippen LogP contribution in [-0.4, -0.2) is 169 Å². The van der Waals surface area contributed by atoms with Crippen LogP contribution in [0.4, 0.5) is 14.5 Å². The van der Waals surface area contributed by atoms with Crippen molar-refractivity contribution in [3.8, 4) is 80.5 Å². The van der Waals surface area contributed by atoms with Gasteiger partial charge < -0.3 is 86.4 Å². The van der Waals surface area contributed by atoms with E-state index in [1.54, 1.807) is 72.8 Å². The number of methoxy groups -OCH3 is 1. The van der Waals surface area contributed by atoms with Gasteiger partial charge in [0.05, 0.1) is 63.6 Å². The van der Waals surface area contributed by atoms with Gasteiger partial charge >= 0.3 is 5.69 Å². The normalized spacial score (nSPS) is 9.38. The standard InChI is InChI=1S/C9H10O4.C8H7ClO3.C8H8O3.C7H5ClO2.3C7H5ClO.2C7H5FO2.C7H5NO4.2C7H6O4/c1-13-9-3-6(4-10)2-8(12)7(9)5-11;9-7-2-5(3-10)1-6(4-11)8(7)12;9-4-6-1-2-7(5-10)8(11)3-6;8-6-3-5(4-9)1-2-7(6)10;8-7-3-1-6(5-9)2-4-7;8-7-3-1-2-6(4-7)5-9;8-7-4-2-1-3-6(7)5-9;8-6-3-5(4-9)1-2-7(6)10;8-6-3-1-2-5(4-9)7(6)10;9-4-5-1-2-7(10)6(3-5)8(11)12;8-3-5-6(10)1-4(9)2-7(5)11;8-3-4-1-5(9)7(11)6(10)2-4/h2-4,11-12H,5H2,1H3;1-3,11-12H,4H2;1-4,10-11H,5H2;1-4,10H;3*1-5H;2*1-4,10H;1-4,10H;2*1-3,9-11H. The molecule has 12 aromatic carbocycles. The number of phenols is 13. The summed E-state index contributed by atoms with van der Waals surface area (Å²) in [4.78, 5) is 131. The largest absolute Gasteiger partial charge is 0.508 e. The number of nitrogens with zero attached hydrogens (tertiary/aromatic N) is 1. The van der Waals surface area contributed by atoms with E-state index < -0.39 is 68.2 Å². The van der Waals surface area contributed by atoms with Crippen molar-refractivity contribution in [1.29, 1.82) is 0 Å². The van der Waals surface area contributed by atoms with Crippen LogP contribution in [0, 0.1) is 21.7 Å². The van der Waals surface area contributed by atoms with Crippen molar-refractivity contribution in [2.75, 3.05) is 7.11 Å². The van der Waals surface area contributed by atoms with Gasteiger partial charge in [0, 0.05) is 95.0 Å². The number of phenolic OH excluding ortho intramolecular Hbond substituents is 10. The van der Waals surface area contributed by atoms with Crippen molar-refractivity contribution in [3.63, 3.8) is 0 Å². The number of para-hydroxylation sites is 1. The molecule has 0 fully saturated rings. The fraction of sp³-hybridized carbons (Fsp3) is 0.0455. The molecule has 32 nitrogen and oxygen atoms in total. The van der Waals surface area contributed by atoms with E-state index in [0.717, 1.165) is 73.5 Å². The summed E-state index contributed by atoms with van der Waals surface area (Å²) in [6.07, 6.45) is 6.97. The Bertz CT molecular complexity index is 5630. The maximum absolute atomic E-state index is 12.4. The fourth-order valence-corrected chi connectivity index (χ4v) is 9.35. The van der Waals surface area contributed by atoms with Crippen molar-refractivity contribution in [2.24, 2.45) is 0 Å². The number of aliphatic hydroxyl groups excluding tert-OH is 3. The van der Waals surface area contributed by atoms with Crippen LogP contribution in [0.25, 0.3) is 0 Å². The zero-order valence-electron chi connectivity index (χ0n) is 65.1. The van der Waals surface area contributed by atoms with Gasteiger partial charge in [0.25, 0.3) is 0 Å². The van der Waals surface area contributed by atoms with E-state index in [9.17, 15) is 86.6 Å².